The van der Waals surface area contributed by atoms with Gasteiger partial charge in [0.25, 0.3) is 11.6 Å². The molecule has 1 amide bonds. The highest BCUT2D eigenvalue weighted by Gasteiger charge is 2.23. The highest BCUT2D eigenvalue weighted by atomic mass is 16.7. The third-order valence-corrected chi connectivity index (χ3v) is 4.88. The van der Waals surface area contributed by atoms with E-state index >= 15 is 0 Å². The Bertz CT molecular complexity index is 1120. The Kier molecular flexibility index (Phi) is 7.52. The second-order valence-electron chi connectivity index (χ2n) is 7.32. The standard InChI is InChI=1S/C23H24N4O6/c1-3-10-26(33-14-15-4-8-19(9-5-15)27(30)31)22(28)18-11-16-6-7-17(23(29)32-2)12-20(16)25-21(24)13-18/h4-9,11-12H,3,10,13-14H2,1-2H3,(H2,24,25). The number of hydroxylamine groups is 2. The number of nitrogens with zero attached hydrogens (tertiary/aromatic N) is 3. The topological polar surface area (TPSA) is 137 Å². The van der Waals surface area contributed by atoms with Crippen LogP contribution in [0.2, 0.25) is 0 Å². The number of carbonyl (C=O) groups excluding carboxylic acids is 2. The molecular formula is C23H24N4O6. The Labute approximate surface area is 190 Å². The summed E-state index contributed by atoms with van der Waals surface area (Å²) in [6.45, 7) is 2.32. The Hall–Kier alpha value is -4.05. The zero-order valence-electron chi connectivity index (χ0n) is 18.3. The van der Waals surface area contributed by atoms with E-state index in [0.717, 1.165) is 0 Å². The summed E-state index contributed by atoms with van der Waals surface area (Å²) in [5.74, 6) is -0.631. The van der Waals surface area contributed by atoms with Crippen LogP contribution in [0.15, 0.2) is 53.0 Å². The minimum absolute atomic E-state index is 0.0207. The number of fused-ring (bicyclic) bond motifs is 1. The number of hydrogen-bond acceptors (Lipinski definition) is 8. The lowest BCUT2D eigenvalue weighted by atomic mass is 10.0. The molecule has 10 heteroatoms. The minimum atomic E-state index is -0.495. The van der Waals surface area contributed by atoms with Crippen molar-refractivity contribution in [2.75, 3.05) is 13.7 Å². The van der Waals surface area contributed by atoms with Crippen LogP contribution in [-0.2, 0) is 21.0 Å². The predicted molar refractivity (Wildman–Crippen MR) is 122 cm³/mol. The number of benzene rings is 2. The van der Waals surface area contributed by atoms with E-state index < -0.39 is 10.9 Å². The van der Waals surface area contributed by atoms with E-state index in [9.17, 15) is 19.7 Å². The van der Waals surface area contributed by atoms with Crippen LogP contribution in [0.5, 0.6) is 0 Å². The fourth-order valence-electron chi connectivity index (χ4n) is 3.23. The first-order valence-corrected chi connectivity index (χ1v) is 10.3. The van der Waals surface area contributed by atoms with E-state index in [4.69, 9.17) is 15.3 Å². The average Bonchev–Trinajstić information content (AvgIpc) is 2.98. The molecule has 2 aromatic carbocycles. The van der Waals surface area contributed by atoms with Crippen molar-refractivity contribution in [2.45, 2.75) is 26.4 Å². The lowest BCUT2D eigenvalue weighted by Crippen LogP contribution is -2.34. The van der Waals surface area contributed by atoms with Gasteiger partial charge in [0.1, 0.15) is 12.4 Å². The van der Waals surface area contributed by atoms with E-state index in [1.165, 1.54) is 24.3 Å². The van der Waals surface area contributed by atoms with Gasteiger partial charge >= 0.3 is 5.97 Å². The quantitative estimate of drug-likeness (QED) is 0.367. The first kappa shape index (κ1) is 23.6. The lowest BCUT2D eigenvalue weighted by Gasteiger charge is -2.22. The van der Waals surface area contributed by atoms with Crippen molar-refractivity contribution in [1.82, 2.24) is 5.06 Å². The number of non-ortho nitro benzene ring substituents is 1. The van der Waals surface area contributed by atoms with Crippen LogP contribution in [0, 0.1) is 10.1 Å². The van der Waals surface area contributed by atoms with Gasteiger partial charge in [0, 0.05) is 36.2 Å². The Morgan fingerprint density at radius 1 is 1.21 bits per heavy atom. The molecule has 0 bridgehead atoms. The number of carbonyl (C=O) groups is 2. The van der Waals surface area contributed by atoms with Crippen LogP contribution in [-0.4, -0.2) is 41.4 Å². The molecule has 2 N–H and O–H groups in total. The summed E-state index contributed by atoms with van der Waals surface area (Å²) in [6, 6.07) is 10.8. The normalized spacial score (nSPS) is 12.7. The fraction of sp³-hybridized carbons (Fsp3) is 0.261. The van der Waals surface area contributed by atoms with Crippen molar-refractivity contribution in [3.05, 3.63) is 74.8 Å². The number of amidine groups is 1. The van der Waals surface area contributed by atoms with Crippen LogP contribution >= 0.6 is 0 Å². The molecule has 1 aliphatic heterocycles. The number of methoxy groups -OCH3 is 1. The number of nitro groups is 1. The van der Waals surface area contributed by atoms with E-state index in [1.54, 1.807) is 36.4 Å². The summed E-state index contributed by atoms with van der Waals surface area (Å²) < 4.78 is 4.74. The van der Waals surface area contributed by atoms with Gasteiger partial charge in [-0.2, -0.15) is 0 Å². The smallest absolute Gasteiger partial charge is 0.337 e. The van der Waals surface area contributed by atoms with E-state index in [-0.39, 0.29) is 30.5 Å². The third kappa shape index (κ3) is 5.80. The zero-order chi connectivity index (χ0) is 24.0. The molecule has 0 fully saturated rings. The summed E-state index contributed by atoms with van der Waals surface area (Å²) in [5.41, 5.74) is 8.52. The molecule has 0 unspecified atom stereocenters. The van der Waals surface area contributed by atoms with Crippen LogP contribution in [0.25, 0.3) is 6.08 Å². The molecule has 0 spiro atoms. The molecule has 33 heavy (non-hydrogen) atoms. The van der Waals surface area contributed by atoms with E-state index in [0.29, 0.717) is 40.9 Å². The molecule has 172 valence electrons. The highest BCUT2D eigenvalue weighted by Crippen LogP contribution is 2.29. The molecule has 0 saturated heterocycles. The summed E-state index contributed by atoms with van der Waals surface area (Å²) in [7, 11) is 1.29. The first-order valence-electron chi connectivity index (χ1n) is 10.3. The van der Waals surface area contributed by atoms with Gasteiger partial charge in [-0.3, -0.25) is 19.7 Å². The van der Waals surface area contributed by atoms with Crippen molar-refractivity contribution < 1.29 is 24.1 Å². The van der Waals surface area contributed by atoms with Crippen LogP contribution < -0.4 is 5.73 Å². The third-order valence-electron chi connectivity index (χ3n) is 4.88. The van der Waals surface area contributed by atoms with E-state index in [1.807, 2.05) is 6.92 Å². The van der Waals surface area contributed by atoms with Crippen molar-refractivity contribution in [1.29, 1.82) is 0 Å². The number of amides is 1. The maximum Gasteiger partial charge on any atom is 0.337 e. The van der Waals surface area contributed by atoms with Gasteiger partial charge in [0.15, 0.2) is 0 Å². The van der Waals surface area contributed by atoms with Gasteiger partial charge in [0.05, 0.1) is 23.3 Å². The SMILES string of the molecule is CCCN(OCc1ccc([N+](=O)[O-])cc1)C(=O)C1=Cc2ccc(C(=O)OC)cc2N=C(N)C1. The first-order chi connectivity index (χ1) is 15.8. The molecule has 10 nitrogen and oxygen atoms in total. The molecular weight excluding hydrogens is 428 g/mol. The second kappa shape index (κ2) is 10.5. The summed E-state index contributed by atoms with van der Waals surface area (Å²) in [5, 5.41) is 12.1. The number of rotatable bonds is 8. The highest BCUT2D eigenvalue weighted by molar-refractivity contribution is 6.05. The summed E-state index contributed by atoms with van der Waals surface area (Å²) >= 11 is 0. The zero-order valence-corrected chi connectivity index (χ0v) is 18.3. The lowest BCUT2D eigenvalue weighted by molar-refractivity contribution is -0.384. The molecule has 0 aliphatic carbocycles. The number of ether oxygens (including phenoxy) is 1. The molecule has 1 heterocycles. The van der Waals surface area contributed by atoms with Crippen LogP contribution in [0.3, 0.4) is 0 Å². The molecule has 0 atom stereocenters. The van der Waals surface area contributed by atoms with Crippen molar-refractivity contribution in [3.8, 4) is 0 Å². The summed E-state index contributed by atoms with van der Waals surface area (Å²) in [6.07, 6.45) is 2.45. The Morgan fingerprint density at radius 3 is 2.58 bits per heavy atom. The Morgan fingerprint density at radius 2 is 1.94 bits per heavy atom. The van der Waals surface area contributed by atoms with Gasteiger partial charge in [-0.15, -0.1) is 0 Å². The number of aliphatic imine (C=N–C) groups is 1. The van der Waals surface area contributed by atoms with Gasteiger partial charge in [-0.25, -0.2) is 14.9 Å². The molecule has 0 radical (unpaired) electrons. The van der Waals surface area contributed by atoms with Crippen molar-refractivity contribution in [3.63, 3.8) is 0 Å². The van der Waals surface area contributed by atoms with Gasteiger partial charge < -0.3 is 10.5 Å². The maximum atomic E-state index is 13.2. The maximum absolute atomic E-state index is 13.2. The van der Waals surface area contributed by atoms with Crippen LogP contribution in [0.4, 0.5) is 11.4 Å². The monoisotopic (exact) mass is 452 g/mol. The number of hydrogen-bond donors (Lipinski definition) is 1. The van der Waals surface area contributed by atoms with Crippen molar-refractivity contribution >= 4 is 35.2 Å². The van der Waals surface area contributed by atoms with E-state index in [2.05, 4.69) is 4.99 Å². The fourth-order valence-corrected chi connectivity index (χ4v) is 3.23. The second-order valence-corrected chi connectivity index (χ2v) is 7.32. The number of nitrogens with two attached hydrogens (primary N) is 1. The average molecular weight is 452 g/mol. The number of esters is 1. The van der Waals surface area contributed by atoms with Gasteiger partial charge in [-0.1, -0.05) is 13.0 Å². The molecule has 1 aliphatic rings. The van der Waals surface area contributed by atoms with Crippen LogP contribution in [0.1, 0.15) is 41.3 Å². The largest absolute Gasteiger partial charge is 0.465 e. The molecule has 0 aromatic heterocycles. The number of nitro benzene ring substituents is 1. The summed E-state index contributed by atoms with van der Waals surface area (Å²) in [4.78, 5) is 45.5. The van der Waals surface area contributed by atoms with Gasteiger partial charge in [0.2, 0.25) is 0 Å². The molecule has 0 saturated carbocycles. The minimum Gasteiger partial charge on any atom is -0.465 e. The van der Waals surface area contributed by atoms with Crippen molar-refractivity contribution in [2.24, 2.45) is 10.7 Å². The predicted octanol–water partition coefficient (Wildman–Crippen LogP) is 3.53. The van der Waals surface area contributed by atoms with Gasteiger partial charge in [-0.05, 0) is 42.3 Å². The molecule has 2 aromatic rings. The molecule has 3 rings (SSSR count). The Balaban J connectivity index is 1.81.